The Labute approximate surface area is 263 Å². The van der Waals surface area contributed by atoms with Crippen molar-refractivity contribution >= 4 is 29.4 Å². The lowest BCUT2D eigenvalue weighted by molar-refractivity contribution is -0.153. The molecular weight excluding hydrogens is 582 g/mol. The molecule has 3 aromatic rings. The number of piperidine rings is 1. The van der Waals surface area contributed by atoms with Crippen molar-refractivity contribution in [2.75, 3.05) is 44.2 Å². The maximum absolute atomic E-state index is 13.9. The molecule has 3 fully saturated rings. The Balaban J connectivity index is 1.09. The summed E-state index contributed by atoms with van der Waals surface area (Å²) in [6.45, 7) is 7.72. The molecule has 11 nitrogen and oxygen atoms in total. The quantitative estimate of drug-likeness (QED) is 0.358. The second-order valence-corrected chi connectivity index (χ2v) is 12.6. The highest BCUT2D eigenvalue weighted by Crippen LogP contribution is 2.33. The van der Waals surface area contributed by atoms with Crippen LogP contribution in [0.3, 0.4) is 0 Å². The molecule has 2 aromatic heterocycles. The minimum Gasteiger partial charge on any atom is -0.476 e. The normalized spacial score (nSPS) is 19.6. The number of pyridine rings is 1. The van der Waals surface area contributed by atoms with E-state index in [9.17, 15) is 9.59 Å². The van der Waals surface area contributed by atoms with E-state index in [-0.39, 0.29) is 17.7 Å². The number of anilines is 1. The van der Waals surface area contributed by atoms with Crippen molar-refractivity contribution in [3.63, 3.8) is 0 Å². The Morgan fingerprint density at radius 2 is 1.80 bits per heavy atom. The maximum Gasteiger partial charge on any atom is 0.266 e. The Kier molecular flexibility index (Phi) is 9.06. The summed E-state index contributed by atoms with van der Waals surface area (Å²) < 4.78 is 11.0. The van der Waals surface area contributed by atoms with Gasteiger partial charge >= 0.3 is 0 Å². The van der Waals surface area contributed by atoms with E-state index in [1.165, 1.54) is 0 Å². The predicted molar refractivity (Wildman–Crippen MR) is 167 cm³/mol. The number of aromatic nitrogens is 3. The minimum atomic E-state index is -1.08. The minimum absolute atomic E-state index is 0.0900. The number of rotatable bonds is 10. The molecule has 6 rings (SSSR count). The number of ether oxygens (including phenoxy) is 1. The summed E-state index contributed by atoms with van der Waals surface area (Å²) in [6, 6.07) is 10.6. The molecule has 4 heterocycles. The van der Waals surface area contributed by atoms with E-state index in [0.717, 1.165) is 54.6 Å². The predicted octanol–water partition coefficient (Wildman–Crippen LogP) is 4.27. The highest BCUT2D eigenvalue weighted by Gasteiger charge is 2.38. The van der Waals surface area contributed by atoms with Crippen LogP contribution in [0.2, 0.25) is 0 Å². The van der Waals surface area contributed by atoms with E-state index in [1.54, 1.807) is 36.2 Å². The number of hydroxylamine groups is 2. The molecule has 2 aliphatic heterocycles. The van der Waals surface area contributed by atoms with Crippen LogP contribution in [0.5, 0.6) is 5.75 Å². The SMILES string of the molecule is CC(C)(Oc1cncc(N2CCC[C@@H](C(=O)N(Cc3ccc(-c4cn[nH]c4)cc3)C3CC3)C2)c1)C(=O)N1CCN(OCl)CC1. The first-order chi connectivity index (χ1) is 21.3. The summed E-state index contributed by atoms with van der Waals surface area (Å²) in [5.41, 5.74) is 3.09. The molecule has 0 unspecified atom stereocenters. The lowest BCUT2D eigenvalue weighted by atomic mass is 9.95. The zero-order valence-corrected chi connectivity index (χ0v) is 26.1. The molecule has 0 spiro atoms. The van der Waals surface area contributed by atoms with E-state index >= 15 is 0 Å². The second kappa shape index (κ2) is 13.1. The van der Waals surface area contributed by atoms with Gasteiger partial charge in [-0.3, -0.25) is 19.7 Å². The number of H-pyrrole nitrogens is 1. The molecule has 2 amide bonds. The summed E-state index contributed by atoms with van der Waals surface area (Å²) in [4.78, 5) is 37.7. The summed E-state index contributed by atoms with van der Waals surface area (Å²) in [5, 5.41) is 8.51. The molecule has 1 atom stereocenters. The van der Waals surface area contributed by atoms with Crippen LogP contribution in [0.15, 0.2) is 55.1 Å². The van der Waals surface area contributed by atoms with E-state index in [4.69, 9.17) is 21.0 Å². The molecule has 3 aliphatic rings. The molecule has 44 heavy (non-hydrogen) atoms. The molecule has 2 saturated heterocycles. The summed E-state index contributed by atoms with van der Waals surface area (Å²) in [5.74, 6) is 0.559. The molecule has 1 aromatic carbocycles. The summed E-state index contributed by atoms with van der Waals surface area (Å²) in [7, 11) is 0. The number of hydrogen-bond acceptors (Lipinski definition) is 8. The number of carbonyl (C=O) groups is 2. The fourth-order valence-electron chi connectivity index (χ4n) is 6.14. The number of carbonyl (C=O) groups excluding carboxylic acids is 2. The number of benzene rings is 1. The van der Waals surface area contributed by atoms with Gasteiger partial charge in [-0.05, 0) is 50.7 Å². The first kappa shape index (κ1) is 30.4. The van der Waals surface area contributed by atoms with Crippen LogP contribution >= 0.6 is 11.9 Å². The van der Waals surface area contributed by atoms with Gasteiger partial charge in [0.05, 0.1) is 42.1 Å². The van der Waals surface area contributed by atoms with Crippen LogP contribution in [0.25, 0.3) is 11.1 Å². The van der Waals surface area contributed by atoms with E-state index in [2.05, 4.69) is 49.2 Å². The largest absolute Gasteiger partial charge is 0.476 e. The first-order valence-corrected chi connectivity index (χ1v) is 15.7. The monoisotopic (exact) mass is 621 g/mol. The molecule has 234 valence electrons. The van der Waals surface area contributed by atoms with E-state index < -0.39 is 5.60 Å². The summed E-state index contributed by atoms with van der Waals surface area (Å²) in [6.07, 6.45) is 11.0. The van der Waals surface area contributed by atoms with Gasteiger partial charge in [-0.15, -0.1) is 0 Å². The lowest BCUT2D eigenvalue weighted by Gasteiger charge is -2.37. The third-order valence-corrected chi connectivity index (χ3v) is 8.95. The number of hydrogen-bond donors (Lipinski definition) is 1. The van der Waals surface area contributed by atoms with Gasteiger partial charge in [0.25, 0.3) is 5.91 Å². The van der Waals surface area contributed by atoms with Crippen LogP contribution < -0.4 is 9.64 Å². The average molecular weight is 622 g/mol. The standard InChI is InChI=1S/C32H40ClN7O4/c1-32(2,31(42)37-12-14-39(44-33)15-13-37)43-29-16-28(19-34-20-29)38-11-3-4-25(22-38)30(41)40(27-9-10-27)21-23-5-7-24(8-6-23)26-17-35-36-18-26/h5-8,16-20,25,27H,3-4,9-15,21-22H2,1-2H3,(H,35,36)/t25-/m1/s1. The highest BCUT2D eigenvalue weighted by atomic mass is 35.5. The zero-order chi connectivity index (χ0) is 30.7. The number of nitrogens with zero attached hydrogens (tertiary/aromatic N) is 6. The Hall–Kier alpha value is -3.67. The molecule has 0 radical (unpaired) electrons. The topological polar surface area (TPSA) is 107 Å². The van der Waals surface area contributed by atoms with Gasteiger partial charge in [-0.25, -0.2) is 0 Å². The van der Waals surface area contributed by atoms with Crippen LogP contribution in [0, 0.1) is 5.92 Å². The third-order valence-electron chi connectivity index (χ3n) is 8.76. The van der Waals surface area contributed by atoms with Crippen molar-refractivity contribution in [3.05, 3.63) is 60.7 Å². The first-order valence-electron chi connectivity index (χ1n) is 15.4. The molecular formula is C32H40ClN7O4. The van der Waals surface area contributed by atoms with Crippen LogP contribution in [0.1, 0.15) is 45.1 Å². The van der Waals surface area contributed by atoms with Gasteiger partial charge in [-0.1, -0.05) is 24.3 Å². The Morgan fingerprint density at radius 3 is 2.48 bits per heavy atom. The average Bonchev–Trinajstić information content (AvgIpc) is 3.75. The van der Waals surface area contributed by atoms with Crippen molar-refractivity contribution < 1.29 is 18.7 Å². The van der Waals surface area contributed by atoms with Crippen LogP contribution in [-0.2, 0) is 20.5 Å². The number of aromatic amines is 1. The Bertz CT molecular complexity index is 1420. The molecule has 1 aliphatic carbocycles. The van der Waals surface area contributed by atoms with Crippen LogP contribution in [0.4, 0.5) is 5.69 Å². The Morgan fingerprint density at radius 1 is 1.02 bits per heavy atom. The van der Waals surface area contributed by atoms with Crippen molar-refractivity contribution in [2.24, 2.45) is 5.92 Å². The molecule has 12 heteroatoms. The zero-order valence-electron chi connectivity index (χ0n) is 25.3. The molecule has 0 bridgehead atoms. The smallest absolute Gasteiger partial charge is 0.266 e. The fraction of sp³-hybridized carbons (Fsp3) is 0.500. The number of amides is 2. The summed E-state index contributed by atoms with van der Waals surface area (Å²) >= 11 is 5.46. The van der Waals surface area contributed by atoms with E-state index in [0.29, 0.717) is 51.1 Å². The van der Waals surface area contributed by atoms with E-state index in [1.807, 2.05) is 18.5 Å². The fourth-order valence-corrected chi connectivity index (χ4v) is 6.28. The van der Waals surface area contributed by atoms with Crippen molar-refractivity contribution in [3.8, 4) is 16.9 Å². The van der Waals surface area contributed by atoms with Gasteiger partial charge in [0.2, 0.25) is 5.91 Å². The van der Waals surface area contributed by atoms with Gasteiger partial charge < -0.3 is 19.4 Å². The van der Waals surface area contributed by atoms with Crippen LogP contribution in [-0.4, -0.2) is 92.8 Å². The van der Waals surface area contributed by atoms with Crippen molar-refractivity contribution in [1.29, 1.82) is 0 Å². The van der Waals surface area contributed by atoms with Gasteiger partial charge in [0.15, 0.2) is 5.60 Å². The second-order valence-electron chi connectivity index (χ2n) is 12.4. The van der Waals surface area contributed by atoms with Crippen molar-refractivity contribution in [1.82, 2.24) is 30.0 Å². The maximum atomic E-state index is 13.9. The number of nitrogens with one attached hydrogen (secondary N) is 1. The molecule has 1 N–H and O–H groups in total. The molecule has 1 saturated carbocycles. The van der Waals surface area contributed by atoms with Crippen molar-refractivity contribution in [2.45, 2.75) is 57.7 Å². The van der Waals surface area contributed by atoms with Gasteiger partial charge in [0.1, 0.15) is 5.75 Å². The third kappa shape index (κ3) is 7.00. The number of piperazine rings is 1. The van der Waals surface area contributed by atoms with Gasteiger partial charge in [0, 0.05) is 69.7 Å². The van der Waals surface area contributed by atoms with Gasteiger partial charge in [-0.2, -0.15) is 14.6 Å². The number of halogens is 1. The lowest BCUT2D eigenvalue weighted by Crippen LogP contribution is -2.55. The highest BCUT2D eigenvalue weighted by molar-refractivity contribution is 6.07.